The van der Waals surface area contributed by atoms with Crippen LogP contribution in [0, 0.1) is 0 Å². The minimum absolute atomic E-state index is 0.394. The SMILES string of the molecule is COC(=O)C(C)=C(C)C(C)O[PH](=O)OC(C)C(C)=C(C)C(=O)OC. The van der Waals surface area contributed by atoms with Crippen molar-refractivity contribution in [1.29, 1.82) is 0 Å². The van der Waals surface area contributed by atoms with Crippen molar-refractivity contribution in [2.75, 3.05) is 14.2 Å². The molecule has 2 atom stereocenters. The van der Waals surface area contributed by atoms with E-state index in [1.165, 1.54) is 14.2 Å². The standard InChI is InChI=1S/C16H27O7P/c1-9(11(3)15(17)20-7)13(5)22-24(19)23-14(6)10(2)12(4)16(18)21-8/h13-14,24H,1-8H3. The maximum absolute atomic E-state index is 12.1. The second-order valence-electron chi connectivity index (χ2n) is 5.37. The number of hydrogen-bond donors (Lipinski definition) is 0. The van der Waals surface area contributed by atoms with Crippen LogP contribution >= 0.6 is 8.25 Å². The third kappa shape index (κ3) is 6.59. The molecule has 0 saturated heterocycles. The molecule has 7 nitrogen and oxygen atoms in total. The third-order valence-corrected chi connectivity index (χ3v) is 5.02. The van der Waals surface area contributed by atoms with Crippen LogP contribution in [0.15, 0.2) is 22.3 Å². The van der Waals surface area contributed by atoms with Crippen molar-refractivity contribution in [3.05, 3.63) is 22.3 Å². The summed E-state index contributed by atoms with van der Waals surface area (Å²) in [6.45, 7) is 9.94. The molecule has 0 rings (SSSR count). The highest BCUT2D eigenvalue weighted by atomic mass is 31.1. The van der Waals surface area contributed by atoms with Crippen LogP contribution in [0.3, 0.4) is 0 Å². The van der Waals surface area contributed by atoms with E-state index in [9.17, 15) is 14.2 Å². The molecule has 2 unspecified atom stereocenters. The van der Waals surface area contributed by atoms with Crippen LogP contribution in [0.2, 0.25) is 0 Å². The van der Waals surface area contributed by atoms with Gasteiger partial charge in [-0.2, -0.15) is 0 Å². The summed E-state index contributed by atoms with van der Waals surface area (Å²) in [4.78, 5) is 23.0. The van der Waals surface area contributed by atoms with Crippen molar-refractivity contribution in [1.82, 2.24) is 0 Å². The lowest BCUT2D eigenvalue weighted by molar-refractivity contribution is -0.137. The van der Waals surface area contributed by atoms with E-state index in [0.29, 0.717) is 22.3 Å². The van der Waals surface area contributed by atoms with E-state index < -0.39 is 32.4 Å². The molecule has 0 spiro atoms. The topological polar surface area (TPSA) is 88.1 Å². The summed E-state index contributed by atoms with van der Waals surface area (Å²) in [7, 11) is -0.252. The molecule has 0 heterocycles. The van der Waals surface area contributed by atoms with E-state index in [1.54, 1.807) is 41.5 Å². The number of ether oxygens (including phenoxy) is 2. The first-order chi connectivity index (χ1) is 11.1. The van der Waals surface area contributed by atoms with Crippen molar-refractivity contribution in [2.24, 2.45) is 0 Å². The number of methoxy groups -OCH3 is 2. The minimum Gasteiger partial charge on any atom is -0.466 e. The second-order valence-corrected chi connectivity index (χ2v) is 6.34. The van der Waals surface area contributed by atoms with E-state index in [2.05, 4.69) is 9.47 Å². The first-order valence-electron chi connectivity index (χ1n) is 7.45. The van der Waals surface area contributed by atoms with Crippen LogP contribution in [-0.2, 0) is 32.7 Å². The molecule has 0 amide bonds. The summed E-state index contributed by atoms with van der Waals surface area (Å²) < 4.78 is 32.0. The fourth-order valence-electron chi connectivity index (χ4n) is 1.73. The number of carbonyl (C=O) groups is 2. The molecule has 0 radical (unpaired) electrons. The van der Waals surface area contributed by atoms with Gasteiger partial charge in [0.25, 0.3) is 0 Å². The molecule has 0 aromatic heterocycles. The Morgan fingerprint density at radius 3 is 1.29 bits per heavy atom. The minimum atomic E-state index is -2.83. The Kier molecular flexibility index (Phi) is 9.82. The molecule has 0 N–H and O–H groups in total. The average molecular weight is 362 g/mol. The normalized spacial score (nSPS) is 17.2. The number of rotatable bonds is 8. The highest BCUT2D eigenvalue weighted by molar-refractivity contribution is 7.33. The number of carbonyl (C=O) groups excluding carboxylic acids is 2. The molecule has 0 fully saturated rings. The monoisotopic (exact) mass is 362 g/mol. The second kappa shape index (κ2) is 10.4. The molecular formula is C16H27O7P. The lowest BCUT2D eigenvalue weighted by atomic mass is 10.1. The highest BCUT2D eigenvalue weighted by Gasteiger charge is 2.19. The van der Waals surface area contributed by atoms with Gasteiger partial charge < -0.3 is 18.5 Å². The molecule has 0 aromatic carbocycles. The molecule has 0 bridgehead atoms. The van der Waals surface area contributed by atoms with E-state index in [-0.39, 0.29) is 0 Å². The van der Waals surface area contributed by atoms with Crippen LogP contribution < -0.4 is 0 Å². The summed E-state index contributed by atoms with van der Waals surface area (Å²) in [5.74, 6) is -0.936. The Bertz CT molecular complexity index is 515. The molecule has 0 aliphatic rings. The van der Waals surface area contributed by atoms with Gasteiger partial charge in [-0.25, -0.2) is 9.59 Å². The Labute approximate surface area is 143 Å². The molecule has 8 heteroatoms. The maximum Gasteiger partial charge on any atom is 0.333 e. The van der Waals surface area contributed by atoms with E-state index in [1.807, 2.05) is 0 Å². The Morgan fingerprint density at radius 2 is 1.04 bits per heavy atom. The van der Waals surface area contributed by atoms with Gasteiger partial charge in [-0.15, -0.1) is 0 Å². The van der Waals surface area contributed by atoms with Crippen molar-refractivity contribution in [2.45, 2.75) is 53.8 Å². The quantitative estimate of drug-likeness (QED) is 0.372. The Morgan fingerprint density at radius 1 is 0.750 bits per heavy atom. The van der Waals surface area contributed by atoms with Crippen molar-refractivity contribution >= 4 is 20.2 Å². The zero-order valence-corrected chi connectivity index (χ0v) is 16.5. The molecule has 0 saturated carbocycles. The average Bonchev–Trinajstić information content (AvgIpc) is 2.56. The smallest absolute Gasteiger partial charge is 0.333 e. The lowest BCUT2D eigenvalue weighted by Gasteiger charge is -2.19. The summed E-state index contributed by atoms with van der Waals surface area (Å²) in [6, 6.07) is 0. The van der Waals surface area contributed by atoms with Gasteiger partial charge >= 0.3 is 20.2 Å². The zero-order valence-electron chi connectivity index (χ0n) is 15.5. The van der Waals surface area contributed by atoms with Gasteiger partial charge in [0.15, 0.2) is 0 Å². The van der Waals surface area contributed by atoms with Crippen LogP contribution in [0.5, 0.6) is 0 Å². The van der Waals surface area contributed by atoms with Crippen LogP contribution in [0.4, 0.5) is 0 Å². The Balaban J connectivity index is 4.92. The lowest BCUT2D eigenvalue weighted by Crippen LogP contribution is -2.15. The first kappa shape index (κ1) is 22.6. The number of hydrogen-bond acceptors (Lipinski definition) is 7. The summed E-state index contributed by atoms with van der Waals surface area (Å²) in [6.07, 6.45) is -1.15. The third-order valence-electron chi connectivity index (χ3n) is 3.93. The summed E-state index contributed by atoms with van der Waals surface area (Å²) in [5.41, 5.74) is 2.00. The van der Waals surface area contributed by atoms with Crippen LogP contribution in [-0.4, -0.2) is 38.4 Å². The molecular weight excluding hydrogens is 335 g/mol. The Hall–Kier alpha value is -1.43. The predicted octanol–water partition coefficient (Wildman–Crippen LogP) is 3.21. The fraction of sp³-hybridized carbons (Fsp3) is 0.625. The van der Waals surface area contributed by atoms with Gasteiger partial charge in [0.1, 0.15) is 0 Å². The van der Waals surface area contributed by atoms with Crippen LogP contribution in [0.25, 0.3) is 0 Å². The van der Waals surface area contributed by atoms with Crippen molar-refractivity contribution < 1.29 is 32.7 Å². The molecule has 0 aromatic rings. The predicted molar refractivity (Wildman–Crippen MR) is 90.9 cm³/mol. The largest absolute Gasteiger partial charge is 0.466 e. The molecule has 0 aliphatic heterocycles. The van der Waals surface area contributed by atoms with E-state index in [0.717, 1.165) is 0 Å². The van der Waals surface area contributed by atoms with Gasteiger partial charge in [0.2, 0.25) is 0 Å². The zero-order chi connectivity index (χ0) is 19.0. The van der Waals surface area contributed by atoms with Gasteiger partial charge in [-0.3, -0.25) is 4.57 Å². The van der Waals surface area contributed by atoms with Gasteiger partial charge in [0.05, 0.1) is 26.4 Å². The van der Waals surface area contributed by atoms with Gasteiger partial charge in [0, 0.05) is 11.1 Å². The molecule has 0 aliphatic carbocycles. The van der Waals surface area contributed by atoms with Crippen molar-refractivity contribution in [3.8, 4) is 0 Å². The summed E-state index contributed by atoms with van der Waals surface area (Å²) in [5, 5.41) is 0. The molecule has 138 valence electrons. The number of esters is 2. The van der Waals surface area contributed by atoms with Gasteiger partial charge in [-0.05, 0) is 52.7 Å². The van der Waals surface area contributed by atoms with E-state index >= 15 is 0 Å². The van der Waals surface area contributed by atoms with Crippen LogP contribution in [0.1, 0.15) is 41.5 Å². The fourth-order valence-corrected chi connectivity index (χ4v) is 2.72. The maximum atomic E-state index is 12.1. The summed E-state index contributed by atoms with van der Waals surface area (Å²) >= 11 is 0. The van der Waals surface area contributed by atoms with Gasteiger partial charge in [-0.1, -0.05) is 0 Å². The van der Waals surface area contributed by atoms with E-state index in [4.69, 9.17) is 9.05 Å². The highest BCUT2D eigenvalue weighted by Crippen LogP contribution is 2.33. The van der Waals surface area contributed by atoms with Crippen molar-refractivity contribution in [3.63, 3.8) is 0 Å². The molecule has 24 heavy (non-hydrogen) atoms. The first-order valence-corrected chi connectivity index (χ1v) is 8.67.